The standard InChI is InChI=1S/C15H21BrO2/c1-3-11(4-2)9-13(15(17)18)10-12-7-5-6-8-14(12)16/h5-8,11,13H,3-4,9-10H2,1-2H3,(H,17,18). The van der Waals surface area contributed by atoms with Gasteiger partial charge in [0.15, 0.2) is 0 Å². The highest BCUT2D eigenvalue weighted by molar-refractivity contribution is 9.10. The van der Waals surface area contributed by atoms with Crippen molar-refractivity contribution in [3.63, 3.8) is 0 Å². The number of aliphatic carboxylic acids is 1. The van der Waals surface area contributed by atoms with Crippen molar-refractivity contribution in [1.82, 2.24) is 0 Å². The molecule has 100 valence electrons. The summed E-state index contributed by atoms with van der Waals surface area (Å²) in [5.41, 5.74) is 1.08. The number of carboxylic acid groups (broad SMARTS) is 1. The first-order valence-corrected chi connectivity index (χ1v) is 7.33. The highest BCUT2D eigenvalue weighted by Gasteiger charge is 2.22. The third kappa shape index (κ3) is 4.45. The van der Waals surface area contributed by atoms with E-state index < -0.39 is 5.97 Å². The first-order chi connectivity index (χ1) is 8.58. The Morgan fingerprint density at radius 1 is 1.28 bits per heavy atom. The van der Waals surface area contributed by atoms with Gasteiger partial charge in [0.2, 0.25) is 0 Å². The number of hydrogen-bond acceptors (Lipinski definition) is 1. The molecule has 1 aromatic rings. The first kappa shape index (κ1) is 15.2. The summed E-state index contributed by atoms with van der Waals surface area (Å²) in [7, 11) is 0. The Labute approximate surface area is 118 Å². The van der Waals surface area contributed by atoms with Crippen LogP contribution in [0.2, 0.25) is 0 Å². The Kier molecular flexibility index (Phi) is 6.41. The van der Waals surface area contributed by atoms with E-state index >= 15 is 0 Å². The fourth-order valence-electron chi connectivity index (χ4n) is 2.23. The van der Waals surface area contributed by atoms with E-state index in [2.05, 4.69) is 29.8 Å². The summed E-state index contributed by atoms with van der Waals surface area (Å²) in [4.78, 5) is 11.4. The predicted octanol–water partition coefficient (Wildman–Crippen LogP) is 4.52. The molecule has 0 bridgehead atoms. The van der Waals surface area contributed by atoms with Gasteiger partial charge in [-0.2, -0.15) is 0 Å². The van der Waals surface area contributed by atoms with Gasteiger partial charge in [0.25, 0.3) is 0 Å². The maximum Gasteiger partial charge on any atom is 0.306 e. The summed E-state index contributed by atoms with van der Waals surface area (Å²) in [5.74, 6) is -0.458. The molecule has 0 aliphatic carbocycles. The summed E-state index contributed by atoms with van der Waals surface area (Å²) in [6.45, 7) is 4.26. The van der Waals surface area contributed by atoms with Gasteiger partial charge in [0.05, 0.1) is 5.92 Å². The SMILES string of the molecule is CCC(CC)CC(Cc1ccccc1Br)C(=O)O. The molecule has 0 radical (unpaired) electrons. The average molecular weight is 313 g/mol. The summed E-state index contributed by atoms with van der Waals surface area (Å²) >= 11 is 3.48. The Bertz CT molecular complexity index is 386. The van der Waals surface area contributed by atoms with Gasteiger partial charge in [0.1, 0.15) is 0 Å². The maximum absolute atomic E-state index is 11.4. The summed E-state index contributed by atoms with van der Waals surface area (Å²) in [5, 5.41) is 9.35. The molecule has 1 rings (SSSR count). The van der Waals surface area contributed by atoms with E-state index in [9.17, 15) is 9.90 Å². The number of rotatable bonds is 7. The molecule has 1 unspecified atom stereocenters. The average Bonchev–Trinajstić information content (AvgIpc) is 2.36. The molecule has 3 heteroatoms. The molecule has 18 heavy (non-hydrogen) atoms. The molecular weight excluding hydrogens is 292 g/mol. The predicted molar refractivity (Wildman–Crippen MR) is 77.7 cm³/mol. The van der Waals surface area contributed by atoms with Gasteiger partial charge in [-0.15, -0.1) is 0 Å². The minimum absolute atomic E-state index is 0.284. The Hall–Kier alpha value is -0.830. The van der Waals surface area contributed by atoms with Crippen LogP contribution in [0, 0.1) is 11.8 Å². The van der Waals surface area contributed by atoms with Crippen LogP contribution < -0.4 is 0 Å². The lowest BCUT2D eigenvalue weighted by molar-refractivity contribution is -0.142. The molecule has 0 heterocycles. The third-order valence-electron chi connectivity index (χ3n) is 3.55. The van der Waals surface area contributed by atoms with Crippen LogP contribution in [-0.4, -0.2) is 11.1 Å². The van der Waals surface area contributed by atoms with E-state index in [4.69, 9.17) is 0 Å². The molecule has 0 aliphatic heterocycles. The Morgan fingerprint density at radius 3 is 2.39 bits per heavy atom. The van der Waals surface area contributed by atoms with Crippen LogP contribution in [0.3, 0.4) is 0 Å². The number of carbonyl (C=O) groups is 1. The van der Waals surface area contributed by atoms with Gasteiger partial charge in [-0.3, -0.25) is 4.79 Å². The van der Waals surface area contributed by atoms with E-state index in [1.807, 2.05) is 24.3 Å². The fraction of sp³-hybridized carbons (Fsp3) is 0.533. The van der Waals surface area contributed by atoms with Crippen LogP contribution in [0.25, 0.3) is 0 Å². The lowest BCUT2D eigenvalue weighted by atomic mass is 9.87. The highest BCUT2D eigenvalue weighted by Crippen LogP contribution is 2.25. The second-order valence-electron chi connectivity index (χ2n) is 4.75. The smallest absolute Gasteiger partial charge is 0.306 e. The van der Waals surface area contributed by atoms with Crippen LogP contribution in [0.4, 0.5) is 0 Å². The molecule has 0 aromatic heterocycles. The minimum Gasteiger partial charge on any atom is -0.481 e. The highest BCUT2D eigenvalue weighted by atomic mass is 79.9. The molecule has 0 amide bonds. The van der Waals surface area contributed by atoms with Crippen molar-refractivity contribution >= 4 is 21.9 Å². The van der Waals surface area contributed by atoms with Crippen LogP contribution >= 0.6 is 15.9 Å². The van der Waals surface area contributed by atoms with Gasteiger partial charge < -0.3 is 5.11 Å². The van der Waals surface area contributed by atoms with E-state index in [0.717, 1.165) is 29.3 Å². The number of hydrogen-bond donors (Lipinski definition) is 1. The van der Waals surface area contributed by atoms with Crippen LogP contribution in [0.1, 0.15) is 38.7 Å². The summed E-state index contributed by atoms with van der Waals surface area (Å²) in [6.07, 6.45) is 3.48. The quantitative estimate of drug-likeness (QED) is 0.803. The van der Waals surface area contributed by atoms with Gasteiger partial charge in [0, 0.05) is 4.47 Å². The van der Waals surface area contributed by atoms with E-state index in [1.165, 1.54) is 0 Å². The molecule has 1 N–H and O–H groups in total. The molecule has 0 saturated heterocycles. The Balaban J connectivity index is 2.75. The normalized spacial score (nSPS) is 12.7. The van der Waals surface area contributed by atoms with Gasteiger partial charge >= 0.3 is 5.97 Å². The molecule has 1 aromatic carbocycles. The van der Waals surface area contributed by atoms with Crippen molar-refractivity contribution in [3.8, 4) is 0 Å². The largest absolute Gasteiger partial charge is 0.481 e. The van der Waals surface area contributed by atoms with Gasteiger partial charge in [-0.05, 0) is 30.4 Å². The molecule has 0 aliphatic rings. The Morgan fingerprint density at radius 2 is 1.89 bits per heavy atom. The van der Waals surface area contributed by atoms with Gasteiger partial charge in [-0.1, -0.05) is 60.8 Å². The van der Waals surface area contributed by atoms with Crippen molar-refractivity contribution in [2.24, 2.45) is 11.8 Å². The lowest BCUT2D eigenvalue weighted by Crippen LogP contribution is -2.20. The van der Waals surface area contributed by atoms with Crippen molar-refractivity contribution in [2.45, 2.75) is 39.5 Å². The zero-order valence-corrected chi connectivity index (χ0v) is 12.6. The molecule has 0 spiro atoms. The van der Waals surface area contributed by atoms with Crippen molar-refractivity contribution < 1.29 is 9.90 Å². The molecule has 0 fully saturated rings. The summed E-state index contributed by atoms with van der Waals surface area (Å²) in [6, 6.07) is 7.86. The molecule has 0 saturated carbocycles. The van der Waals surface area contributed by atoms with Crippen molar-refractivity contribution in [2.75, 3.05) is 0 Å². The number of carboxylic acids is 1. The number of halogens is 1. The second kappa shape index (κ2) is 7.57. The fourth-order valence-corrected chi connectivity index (χ4v) is 2.67. The van der Waals surface area contributed by atoms with E-state index in [0.29, 0.717) is 12.3 Å². The topological polar surface area (TPSA) is 37.3 Å². The monoisotopic (exact) mass is 312 g/mol. The van der Waals surface area contributed by atoms with E-state index in [1.54, 1.807) is 0 Å². The minimum atomic E-state index is -0.683. The van der Waals surface area contributed by atoms with Crippen LogP contribution in [0.5, 0.6) is 0 Å². The third-order valence-corrected chi connectivity index (χ3v) is 4.32. The first-order valence-electron chi connectivity index (χ1n) is 6.54. The van der Waals surface area contributed by atoms with Gasteiger partial charge in [-0.25, -0.2) is 0 Å². The van der Waals surface area contributed by atoms with Crippen LogP contribution in [0.15, 0.2) is 28.7 Å². The van der Waals surface area contributed by atoms with Crippen LogP contribution in [-0.2, 0) is 11.2 Å². The second-order valence-corrected chi connectivity index (χ2v) is 5.60. The zero-order valence-electron chi connectivity index (χ0n) is 11.0. The number of benzene rings is 1. The maximum atomic E-state index is 11.4. The molecular formula is C15H21BrO2. The van der Waals surface area contributed by atoms with Crippen molar-refractivity contribution in [1.29, 1.82) is 0 Å². The molecule has 1 atom stereocenters. The van der Waals surface area contributed by atoms with E-state index in [-0.39, 0.29) is 5.92 Å². The molecule has 2 nitrogen and oxygen atoms in total. The van der Waals surface area contributed by atoms with Crippen molar-refractivity contribution in [3.05, 3.63) is 34.3 Å². The summed E-state index contributed by atoms with van der Waals surface area (Å²) < 4.78 is 1.00. The zero-order chi connectivity index (χ0) is 13.5. The lowest BCUT2D eigenvalue weighted by Gasteiger charge is -2.19.